The number of likely N-dealkylation sites (tertiary alicyclic amines) is 1. The number of nitrogens with zero attached hydrogens (tertiary/aromatic N) is 3. The number of carbonyl (C=O) groups is 1. The van der Waals surface area contributed by atoms with Crippen molar-refractivity contribution < 1.29 is 35.5 Å². The van der Waals surface area contributed by atoms with Gasteiger partial charge in [-0.15, -0.1) is 12.4 Å². The molecule has 2 atom stereocenters. The summed E-state index contributed by atoms with van der Waals surface area (Å²) in [5.41, 5.74) is -3.06. The zero-order valence-electron chi connectivity index (χ0n) is 20.9. The van der Waals surface area contributed by atoms with Gasteiger partial charge in [-0.05, 0) is 54.4 Å². The first-order chi connectivity index (χ1) is 18.2. The third-order valence-corrected chi connectivity index (χ3v) is 6.68. The monoisotopic (exact) mass is 595 g/mol. The predicted octanol–water partition coefficient (Wildman–Crippen LogP) is 4.96. The van der Waals surface area contributed by atoms with Gasteiger partial charge in [0.2, 0.25) is 5.91 Å². The van der Waals surface area contributed by atoms with E-state index in [1.54, 1.807) is 0 Å². The van der Waals surface area contributed by atoms with Crippen molar-refractivity contribution in [1.82, 2.24) is 25.0 Å². The molecule has 0 radical (unpaired) electrons. The molecule has 0 spiro atoms. The largest absolute Gasteiger partial charge is 0.416 e. The maximum absolute atomic E-state index is 13.6. The maximum Gasteiger partial charge on any atom is 0.416 e. The van der Waals surface area contributed by atoms with E-state index in [1.165, 1.54) is 31.3 Å². The van der Waals surface area contributed by atoms with Gasteiger partial charge in [0.25, 0.3) is 0 Å². The summed E-state index contributed by atoms with van der Waals surface area (Å²) in [5, 5.41) is 6.15. The highest BCUT2D eigenvalue weighted by Gasteiger charge is 2.39. The SMILES string of the molecule is CN(Cc1cc(C(F)(F)F)cc(C(F)(F)F)c1)C(=O)[C@@H]1CCN(Cc2n[nH]c(=O)[nH]2)C[C@H]1c1ccc(F)cc1.Cl. The molecule has 15 heteroatoms. The Bertz CT molecular complexity index is 1340. The van der Waals surface area contributed by atoms with E-state index in [0.717, 1.165) is 4.90 Å². The molecule has 1 aliphatic heterocycles. The van der Waals surface area contributed by atoms with E-state index in [0.29, 0.717) is 43.0 Å². The summed E-state index contributed by atoms with van der Waals surface area (Å²) >= 11 is 0. The van der Waals surface area contributed by atoms with Crippen molar-refractivity contribution in [3.8, 4) is 0 Å². The van der Waals surface area contributed by atoms with E-state index in [1.807, 2.05) is 4.90 Å². The highest BCUT2D eigenvalue weighted by Crippen LogP contribution is 2.38. The average Bonchev–Trinajstić information content (AvgIpc) is 3.27. The molecule has 4 rings (SSSR count). The fourth-order valence-electron chi connectivity index (χ4n) is 4.84. The number of H-pyrrole nitrogens is 2. The number of rotatable bonds is 6. The molecule has 218 valence electrons. The van der Waals surface area contributed by atoms with E-state index in [-0.39, 0.29) is 30.6 Å². The van der Waals surface area contributed by atoms with Gasteiger partial charge < -0.3 is 4.90 Å². The van der Waals surface area contributed by atoms with E-state index in [9.17, 15) is 40.3 Å². The van der Waals surface area contributed by atoms with Crippen LogP contribution < -0.4 is 5.69 Å². The Hall–Kier alpha value is -3.39. The van der Waals surface area contributed by atoms with Gasteiger partial charge in [0.1, 0.15) is 11.6 Å². The molecule has 40 heavy (non-hydrogen) atoms. The van der Waals surface area contributed by atoms with E-state index < -0.39 is 59.3 Å². The van der Waals surface area contributed by atoms with E-state index in [4.69, 9.17) is 0 Å². The number of piperidine rings is 1. The summed E-state index contributed by atoms with van der Waals surface area (Å²) in [4.78, 5) is 30.5. The van der Waals surface area contributed by atoms with Gasteiger partial charge in [-0.3, -0.25) is 14.7 Å². The normalized spacial score (nSPS) is 18.3. The molecule has 0 unspecified atom stereocenters. The van der Waals surface area contributed by atoms with Crippen molar-refractivity contribution in [3.05, 3.63) is 86.8 Å². The average molecular weight is 596 g/mol. The number of benzene rings is 2. The minimum absolute atomic E-state index is 0. The highest BCUT2D eigenvalue weighted by atomic mass is 35.5. The molecule has 0 saturated carbocycles. The van der Waals surface area contributed by atoms with Crippen LogP contribution in [0.4, 0.5) is 30.7 Å². The van der Waals surface area contributed by atoms with Crippen LogP contribution in [0.15, 0.2) is 47.3 Å². The van der Waals surface area contributed by atoms with Gasteiger partial charge in [0, 0.05) is 32.0 Å². The number of nitrogens with one attached hydrogen (secondary N) is 2. The Morgan fingerprint density at radius 3 is 2.17 bits per heavy atom. The Labute approximate surface area is 229 Å². The molecule has 0 aliphatic carbocycles. The molecule has 2 aromatic carbocycles. The zero-order chi connectivity index (χ0) is 28.5. The Morgan fingerprint density at radius 2 is 1.65 bits per heavy atom. The van der Waals surface area contributed by atoms with Gasteiger partial charge in [-0.2, -0.15) is 31.4 Å². The van der Waals surface area contributed by atoms with Crippen molar-refractivity contribution in [2.75, 3.05) is 20.1 Å². The quantitative estimate of drug-likeness (QED) is 0.395. The molecular weight excluding hydrogens is 571 g/mol. The molecule has 2 N–H and O–H groups in total. The lowest BCUT2D eigenvalue weighted by molar-refractivity contribution is -0.143. The van der Waals surface area contributed by atoms with Gasteiger partial charge in [-0.1, -0.05) is 12.1 Å². The number of alkyl halides is 6. The molecular formula is C25H25ClF7N5O2. The maximum atomic E-state index is 13.6. The van der Waals surface area contributed by atoms with Crippen molar-refractivity contribution in [3.63, 3.8) is 0 Å². The number of amides is 1. The van der Waals surface area contributed by atoms with Gasteiger partial charge >= 0.3 is 18.0 Å². The number of aromatic nitrogens is 3. The standard InChI is InChI=1S/C25H24F7N5O2.ClH/c1-36(11-14-8-16(24(27,28)29)10-17(9-14)25(30,31)32)22(38)19-6-7-37(13-21-33-23(39)35-34-21)12-20(19)15-2-4-18(26)5-3-15;/h2-5,8-10,19-20H,6-7,11-13H2,1H3,(H2,33,34,35,39);1H/t19-,20+;/m1./s1. The summed E-state index contributed by atoms with van der Waals surface area (Å²) in [7, 11) is 1.32. The second-order valence-corrected chi connectivity index (χ2v) is 9.52. The first-order valence-electron chi connectivity index (χ1n) is 11.9. The summed E-state index contributed by atoms with van der Waals surface area (Å²) in [5.74, 6) is -1.71. The third kappa shape index (κ3) is 7.42. The summed E-state index contributed by atoms with van der Waals surface area (Å²) < 4.78 is 93.3. The topological polar surface area (TPSA) is 85.1 Å². The van der Waals surface area contributed by atoms with Crippen molar-refractivity contribution in [1.29, 1.82) is 0 Å². The molecule has 1 aliphatic rings. The van der Waals surface area contributed by atoms with Crippen molar-refractivity contribution in [2.24, 2.45) is 5.92 Å². The lowest BCUT2D eigenvalue weighted by Crippen LogP contribution is -2.45. The van der Waals surface area contributed by atoms with Crippen molar-refractivity contribution in [2.45, 2.75) is 37.8 Å². The Kier molecular flexibility index (Phi) is 9.35. The molecule has 1 amide bonds. The number of halogens is 8. The smallest absolute Gasteiger partial charge is 0.341 e. The lowest BCUT2D eigenvalue weighted by atomic mass is 9.79. The zero-order valence-corrected chi connectivity index (χ0v) is 21.8. The van der Waals surface area contributed by atoms with Crippen LogP contribution in [0.25, 0.3) is 0 Å². The second kappa shape index (κ2) is 12.0. The molecule has 1 saturated heterocycles. The fraction of sp³-hybridized carbons (Fsp3) is 0.400. The Balaban J connectivity index is 0.00000441. The minimum atomic E-state index is -5.00. The van der Waals surface area contributed by atoms with Crippen LogP contribution in [0.3, 0.4) is 0 Å². The molecule has 1 fully saturated rings. The van der Waals surface area contributed by atoms with Crippen LogP contribution in [0, 0.1) is 11.7 Å². The van der Waals surface area contributed by atoms with Crippen LogP contribution in [0.5, 0.6) is 0 Å². The minimum Gasteiger partial charge on any atom is -0.341 e. The number of hydrogen-bond acceptors (Lipinski definition) is 4. The van der Waals surface area contributed by atoms with Gasteiger partial charge in [0.05, 0.1) is 17.7 Å². The third-order valence-electron chi connectivity index (χ3n) is 6.68. The van der Waals surface area contributed by atoms with Crippen LogP contribution in [0.2, 0.25) is 0 Å². The van der Waals surface area contributed by atoms with Crippen molar-refractivity contribution >= 4 is 18.3 Å². The van der Waals surface area contributed by atoms with E-state index in [2.05, 4.69) is 15.2 Å². The van der Waals surface area contributed by atoms with Crippen LogP contribution >= 0.6 is 12.4 Å². The van der Waals surface area contributed by atoms with Gasteiger partial charge in [0.15, 0.2) is 0 Å². The molecule has 7 nitrogen and oxygen atoms in total. The van der Waals surface area contributed by atoms with Gasteiger partial charge in [-0.25, -0.2) is 14.3 Å². The second-order valence-electron chi connectivity index (χ2n) is 9.52. The molecule has 1 aromatic heterocycles. The first kappa shape index (κ1) is 31.1. The Morgan fingerprint density at radius 1 is 1.05 bits per heavy atom. The summed E-state index contributed by atoms with van der Waals surface area (Å²) in [6.45, 7) is 0.499. The number of aromatic amines is 2. The first-order valence-corrected chi connectivity index (χ1v) is 11.9. The predicted molar refractivity (Wildman–Crippen MR) is 132 cm³/mol. The number of carbonyl (C=O) groups excluding carboxylic acids is 1. The summed E-state index contributed by atoms with van der Waals surface area (Å²) in [6, 6.07) is 6.79. The number of hydrogen-bond donors (Lipinski definition) is 2. The van der Waals surface area contributed by atoms with Crippen LogP contribution in [0.1, 0.15) is 40.4 Å². The molecule has 2 heterocycles. The van der Waals surface area contributed by atoms with Crippen LogP contribution in [-0.4, -0.2) is 51.0 Å². The van der Waals surface area contributed by atoms with Crippen LogP contribution in [-0.2, 0) is 30.2 Å². The highest BCUT2D eigenvalue weighted by molar-refractivity contribution is 5.85. The summed E-state index contributed by atoms with van der Waals surface area (Å²) in [6.07, 6.45) is -9.70. The lowest BCUT2D eigenvalue weighted by Gasteiger charge is -2.39. The fourth-order valence-corrected chi connectivity index (χ4v) is 4.84. The molecule has 3 aromatic rings. The molecule has 0 bridgehead atoms. The van der Waals surface area contributed by atoms with E-state index >= 15 is 0 Å².